The minimum atomic E-state index is 0. The van der Waals surface area contributed by atoms with E-state index in [0.717, 1.165) is 30.9 Å². The van der Waals surface area contributed by atoms with Gasteiger partial charge in [0, 0.05) is 37.6 Å². The van der Waals surface area contributed by atoms with E-state index in [2.05, 4.69) is 33.7 Å². The van der Waals surface area contributed by atoms with Crippen LogP contribution < -0.4 is 20.1 Å². The lowest BCUT2D eigenvalue weighted by Gasteiger charge is -2.14. The van der Waals surface area contributed by atoms with Crippen molar-refractivity contribution in [2.24, 2.45) is 4.99 Å². The second-order valence-electron chi connectivity index (χ2n) is 5.70. The van der Waals surface area contributed by atoms with E-state index < -0.39 is 0 Å². The average Bonchev–Trinajstić information content (AvgIpc) is 2.94. The second-order valence-corrected chi connectivity index (χ2v) is 5.70. The van der Waals surface area contributed by atoms with Crippen LogP contribution >= 0.6 is 24.0 Å². The van der Waals surface area contributed by atoms with Gasteiger partial charge in [-0.2, -0.15) is 5.10 Å². The first-order chi connectivity index (χ1) is 12.1. The smallest absolute Gasteiger partial charge is 0.195 e. The lowest BCUT2D eigenvalue weighted by Crippen LogP contribution is -2.32. The van der Waals surface area contributed by atoms with Crippen LogP contribution in [0.2, 0.25) is 0 Å². The van der Waals surface area contributed by atoms with Crippen LogP contribution in [0.3, 0.4) is 0 Å². The number of ether oxygens (including phenoxy) is 2. The molecule has 144 valence electrons. The van der Waals surface area contributed by atoms with Crippen molar-refractivity contribution < 1.29 is 9.47 Å². The van der Waals surface area contributed by atoms with Crippen LogP contribution in [0.4, 0.5) is 5.69 Å². The topological polar surface area (TPSA) is 72.7 Å². The van der Waals surface area contributed by atoms with Crippen molar-refractivity contribution in [3.8, 4) is 11.5 Å². The van der Waals surface area contributed by atoms with Crippen molar-refractivity contribution in [1.82, 2.24) is 15.1 Å². The Balaban J connectivity index is 0.00000338. The van der Waals surface area contributed by atoms with Crippen LogP contribution in [0.25, 0.3) is 0 Å². The molecule has 0 spiro atoms. The standard InChI is InChI=1S/C18H27N5O2.HI/c1-13-11-14(2)23(22-13)10-6-9-20-18(19-3)21-15-7-8-16(24-4)17(12-15)25-5;/h7-8,11-12H,6,9-10H2,1-5H3,(H2,19,20,21);1H. The molecule has 1 aromatic heterocycles. The van der Waals surface area contributed by atoms with Gasteiger partial charge in [-0.25, -0.2) is 0 Å². The predicted octanol–water partition coefficient (Wildman–Crippen LogP) is 3.21. The van der Waals surface area contributed by atoms with Gasteiger partial charge in [-0.15, -0.1) is 24.0 Å². The first-order valence-corrected chi connectivity index (χ1v) is 8.28. The number of methoxy groups -OCH3 is 2. The fraction of sp³-hybridized carbons (Fsp3) is 0.444. The highest BCUT2D eigenvalue weighted by atomic mass is 127. The van der Waals surface area contributed by atoms with E-state index in [0.29, 0.717) is 17.5 Å². The average molecular weight is 473 g/mol. The number of aromatic nitrogens is 2. The molecule has 0 amide bonds. The molecule has 0 radical (unpaired) electrons. The van der Waals surface area contributed by atoms with Crippen LogP contribution in [-0.4, -0.2) is 43.6 Å². The van der Waals surface area contributed by atoms with Crippen LogP contribution in [0, 0.1) is 13.8 Å². The lowest BCUT2D eigenvalue weighted by atomic mass is 10.2. The maximum absolute atomic E-state index is 5.32. The van der Waals surface area contributed by atoms with Gasteiger partial charge < -0.3 is 20.1 Å². The van der Waals surface area contributed by atoms with Crippen LogP contribution in [0.5, 0.6) is 11.5 Å². The molecule has 0 aliphatic carbocycles. The largest absolute Gasteiger partial charge is 0.493 e. The summed E-state index contributed by atoms with van der Waals surface area (Å²) in [6.07, 6.45) is 0.953. The number of aryl methyl sites for hydroxylation is 3. The van der Waals surface area contributed by atoms with Gasteiger partial charge in [0.1, 0.15) is 0 Å². The molecule has 8 heteroatoms. The third-order valence-electron chi connectivity index (χ3n) is 3.81. The number of hydrogen-bond acceptors (Lipinski definition) is 4. The van der Waals surface area contributed by atoms with Gasteiger partial charge in [-0.1, -0.05) is 0 Å². The minimum Gasteiger partial charge on any atom is -0.493 e. The molecule has 0 bridgehead atoms. The molecule has 1 aromatic carbocycles. The summed E-state index contributed by atoms with van der Waals surface area (Å²) in [5.74, 6) is 2.08. The van der Waals surface area contributed by atoms with Gasteiger partial charge in [-0.05, 0) is 38.5 Å². The Morgan fingerprint density at radius 2 is 1.88 bits per heavy atom. The summed E-state index contributed by atoms with van der Waals surface area (Å²) in [6.45, 7) is 5.76. The van der Waals surface area contributed by atoms with E-state index >= 15 is 0 Å². The van der Waals surface area contributed by atoms with Gasteiger partial charge in [0.2, 0.25) is 0 Å². The Labute approximate surface area is 172 Å². The Morgan fingerprint density at radius 1 is 1.15 bits per heavy atom. The second kappa shape index (κ2) is 10.9. The Hall–Kier alpha value is -1.97. The molecule has 2 aromatic rings. The molecule has 0 unspecified atom stereocenters. The number of hydrogen-bond donors (Lipinski definition) is 2. The molecule has 0 saturated carbocycles. The molecule has 0 aliphatic rings. The fourth-order valence-electron chi connectivity index (χ4n) is 2.57. The number of rotatable bonds is 7. The normalized spacial score (nSPS) is 10.9. The van der Waals surface area contributed by atoms with Crippen LogP contribution in [0.1, 0.15) is 17.8 Å². The molecule has 0 saturated heterocycles. The predicted molar refractivity (Wildman–Crippen MR) is 116 cm³/mol. The first-order valence-electron chi connectivity index (χ1n) is 8.28. The van der Waals surface area contributed by atoms with E-state index in [1.54, 1.807) is 21.3 Å². The van der Waals surface area contributed by atoms with E-state index in [-0.39, 0.29) is 24.0 Å². The van der Waals surface area contributed by atoms with Gasteiger partial charge in [0.05, 0.1) is 19.9 Å². The number of halogens is 1. The number of aliphatic imine (C=N–C) groups is 1. The van der Waals surface area contributed by atoms with E-state index in [4.69, 9.17) is 9.47 Å². The summed E-state index contributed by atoms with van der Waals surface area (Å²) < 4.78 is 12.6. The maximum atomic E-state index is 5.32. The van der Waals surface area contributed by atoms with Crippen molar-refractivity contribution in [1.29, 1.82) is 0 Å². The van der Waals surface area contributed by atoms with Gasteiger partial charge >= 0.3 is 0 Å². The zero-order chi connectivity index (χ0) is 18.2. The number of anilines is 1. The zero-order valence-electron chi connectivity index (χ0n) is 16.0. The first kappa shape index (κ1) is 22.1. The molecule has 0 fully saturated rings. The summed E-state index contributed by atoms with van der Waals surface area (Å²) >= 11 is 0. The van der Waals surface area contributed by atoms with Crippen molar-refractivity contribution in [2.45, 2.75) is 26.8 Å². The summed E-state index contributed by atoms with van der Waals surface area (Å²) in [6, 6.07) is 7.74. The third kappa shape index (κ3) is 6.08. The van der Waals surface area contributed by atoms with Crippen LogP contribution in [-0.2, 0) is 6.54 Å². The van der Waals surface area contributed by atoms with Gasteiger partial charge in [-0.3, -0.25) is 9.67 Å². The Bertz CT molecular complexity index is 730. The highest BCUT2D eigenvalue weighted by molar-refractivity contribution is 14.0. The molecule has 7 nitrogen and oxygen atoms in total. The fourth-order valence-corrected chi connectivity index (χ4v) is 2.57. The van der Waals surface area contributed by atoms with Gasteiger partial charge in [0.15, 0.2) is 17.5 Å². The summed E-state index contributed by atoms with van der Waals surface area (Å²) in [5, 5.41) is 11.0. The molecular weight excluding hydrogens is 445 g/mol. The summed E-state index contributed by atoms with van der Waals surface area (Å²) in [4.78, 5) is 4.25. The Morgan fingerprint density at radius 3 is 2.46 bits per heavy atom. The highest BCUT2D eigenvalue weighted by Gasteiger charge is 2.06. The molecule has 26 heavy (non-hydrogen) atoms. The number of nitrogens with zero attached hydrogens (tertiary/aromatic N) is 3. The molecule has 1 heterocycles. The third-order valence-corrected chi connectivity index (χ3v) is 3.81. The molecular formula is C18H28IN5O2. The lowest BCUT2D eigenvalue weighted by molar-refractivity contribution is 0.355. The van der Waals surface area contributed by atoms with Crippen molar-refractivity contribution >= 4 is 35.6 Å². The minimum absolute atomic E-state index is 0. The van der Waals surface area contributed by atoms with Crippen LogP contribution in [0.15, 0.2) is 29.3 Å². The molecule has 2 rings (SSSR count). The van der Waals surface area contributed by atoms with Gasteiger partial charge in [0.25, 0.3) is 0 Å². The quantitative estimate of drug-likeness (QED) is 0.280. The molecule has 2 N–H and O–H groups in total. The number of nitrogens with one attached hydrogen (secondary N) is 2. The monoisotopic (exact) mass is 473 g/mol. The summed E-state index contributed by atoms with van der Waals surface area (Å²) in [5.41, 5.74) is 3.12. The number of guanidine groups is 1. The number of benzene rings is 1. The molecule has 0 aliphatic heterocycles. The molecule has 0 atom stereocenters. The highest BCUT2D eigenvalue weighted by Crippen LogP contribution is 2.29. The van der Waals surface area contributed by atoms with Crippen molar-refractivity contribution in [3.05, 3.63) is 35.7 Å². The van der Waals surface area contributed by atoms with E-state index in [1.165, 1.54) is 5.69 Å². The Kier molecular flexibility index (Phi) is 9.25. The van der Waals surface area contributed by atoms with E-state index in [9.17, 15) is 0 Å². The zero-order valence-corrected chi connectivity index (χ0v) is 18.3. The van der Waals surface area contributed by atoms with Crippen molar-refractivity contribution in [2.75, 3.05) is 33.1 Å². The SMILES string of the molecule is CN=C(NCCCn1nc(C)cc1C)Nc1ccc(OC)c(OC)c1.I. The van der Waals surface area contributed by atoms with Crippen molar-refractivity contribution in [3.63, 3.8) is 0 Å². The van der Waals surface area contributed by atoms with E-state index in [1.807, 2.05) is 29.8 Å². The summed E-state index contributed by atoms with van der Waals surface area (Å²) in [7, 11) is 4.99. The maximum Gasteiger partial charge on any atom is 0.195 e.